The van der Waals surface area contributed by atoms with Crippen LogP contribution in [0.25, 0.3) is 0 Å². The van der Waals surface area contributed by atoms with Gasteiger partial charge in [0, 0.05) is 17.9 Å². The van der Waals surface area contributed by atoms with Crippen molar-refractivity contribution < 1.29 is 9.90 Å². The quantitative estimate of drug-likeness (QED) is 0.712. The molecule has 1 aromatic carbocycles. The Kier molecular flexibility index (Phi) is 4.62. The molecule has 20 heavy (non-hydrogen) atoms. The summed E-state index contributed by atoms with van der Waals surface area (Å²) in [5.74, 6) is -0.0975. The van der Waals surface area contributed by atoms with Gasteiger partial charge in [0.25, 0.3) is 0 Å². The molecule has 0 aromatic heterocycles. The standard InChI is InChI=1S/C15H23N3O2/c1-18(11-15(20)7-2-3-8-15)10-14(19)17-13-6-4-5-12(16)9-13/h4-6,9,20H,2-3,7-8,10-11,16H2,1H3,(H,17,19). The van der Waals surface area contributed by atoms with Gasteiger partial charge in [-0.2, -0.15) is 0 Å². The zero-order chi connectivity index (χ0) is 14.6. The van der Waals surface area contributed by atoms with E-state index in [9.17, 15) is 9.90 Å². The molecule has 2 rings (SSSR count). The number of aliphatic hydroxyl groups is 1. The van der Waals surface area contributed by atoms with E-state index in [1.54, 1.807) is 24.3 Å². The maximum absolute atomic E-state index is 11.9. The summed E-state index contributed by atoms with van der Waals surface area (Å²) in [5, 5.41) is 13.1. The number of amides is 1. The molecular formula is C15H23N3O2. The molecule has 0 bridgehead atoms. The highest BCUT2D eigenvalue weighted by atomic mass is 16.3. The highest BCUT2D eigenvalue weighted by Gasteiger charge is 2.32. The molecule has 1 aliphatic rings. The van der Waals surface area contributed by atoms with Crippen LogP contribution in [0.3, 0.4) is 0 Å². The van der Waals surface area contributed by atoms with E-state index in [1.165, 1.54) is 0 Å². The number of hydrogen-bond acceptors (Lipinski definition) is 4. The first-order chi connectivity index (χ1) is 9.47. The van der Waals surface area contributed by atoms with Crippen LogP contribution >= 0.6 is 0 Å². The van der Waals surface area contributed by atoms with Crippen molar-refractivity contribution in [1.29, 1.82) is 0 Å². The molecule has 5 heteroatoms. The van der Waals surface area contributed by atoms with Gasteiger partial charge in [0.05, 0.1) is 12.1 Å². The second kappa shape index (κ2) is 6.24. The van der Waals surface area contributed by atoms with E-state index in [1.807, 2.05) is 11.9 Å². The van der Waals surface area contributed by atoms with Crippen LogP contribution in [0.15, 0.2) is 24.3 Å². The minimum atomic E-state index is -0.619. The second-order valence-corrected chi connectivity index (χ2v) is 5.78. The van der Waals surface area contributed by atoms with Crippen molar-refractivity contribution in [2.75, 3.05) is 31.2 Å². The molecule has 1 aliphatic carbocycles. The molecule has 5 nitrogen and oxygen atoms in total. The Bertz CT molecular complexity index is 470. The predicted molar refractivity (Wildman–Crippen MR) is 80.4 cm³/mol. The van der Waals surface area contributed by atoms with Gasteiger partial charge in [-0.3, -0.25) is 9.69 Å². The molecule has 0 aliphatic heterocycles. The van der Waals surface area contributed by atoms with Crippen LogP contribution in [0, 0.1) is 0 Å². The smallest absolute Gasteiger partial charge is 0.238 e. The third-order valence-corrected chi connectivity index (χ3v) is 3.68. The molecule has 110 valence electrons. The largest absolute Gasteiger partial charge is 0.399 e. The Labute approximate surface area is 119 Å². The Morgan fingerprint density at radius 2 is 2.15 bits per heavy atom. The lowest BCUT2D eigenvalue weighted by atomic mass is 10.0. The molecule has 0 unspecified atom stereocenters. The van der Waals surface area contributed by atoms with Crippen molar-refractivity contribution in [3.8, 4) is 0 Å². The number of carbonyl (C=O) groups is 1. The van der Waals surface area contributed by atoms with E-state index in [4.69, 9.17) is 5.73 Å². The average molecular weight is 277 g/mol. The van der Waals surface area contributed by atoms with Gasteiger partial charge in [-0.1, -0.05) is 18.9 Å². The summed E-state index contributed by atoms with van der Waals surface area (Å²) in [6, 6.07) is 7.11. The van der Waals surface area contributed by atoms with Crippen molar-refractivity contribution in [3.05, 3.63) is 24.3 Å². The number of nitrogens with one attached hydrogen (secondary N) is 1. The Morgan fingerprint density at radius 3 is 2.80 bits per heavy atom. The molecule has 4 N–H and O–H groups in total. The van der Waals surface area contributed by atoms with Crippen LogP contribution in [-0.4, -0.2) is 41.7 Å². The molecule has 1 amide bonds. The predicted octanol–water partition coefficient (Wildman–Crippen LogP) is 1.44. The van der Waals surface area contributed by atoms with E-state index in [-0.39, 0.29) is 12.5 Å². The first-order valence-corrected chi connectivity index (χ1v) is 7.03. The van der Waals surface area contributed by atoms with Gasteiger partial charge in [0.1, 0.15) is 0 Å². The number of likely N-dealkylation sites (N-methyl/N-ethyl adjacent to an activating group) is 1. The number of carbonyl (C=O) groups excluding carboxylic acids is 1. The number of benzene rings is 1. The lowest BCUT2D eigenvalue weighted by molar-refractivity contribution is -0.117. The van der Waals surface area contributed by atoms with Crippen LogP contribution in [0.2, 0.25) is 0 Å². The van der Waals surface area contributed by atoms with Crippen LogP contribution < -0.4 is 11.1 Å². The molecule has 0 atom stereocenters. The number of rotatable bonds is 5. The number of nitrogen functional groups attached to an aromatic ring is 1. The summed E-state index contributed by atoms with van der Waals surface area (Å²) in [7, 11) is 1.86. The summed E-state index contributed by atoms with van der Waals surface area (Å²) in [6.07, 6.45) is 3.79. The fourth-order valence-electron chi connectivity index (χ4n) is 2.81. The summed E-state index contributed by atoms with van der Waals surface area (Å²) in [6.45, 7) is 0.800. The first-order valence-electron chi connectivity index (χ1n) is 7.03. The van der Waals surface area contributed by atoms with Crippen LogP contribution in [0.1, 0.15) is 25.7 Å². The van der Waals surface area contributed by atoms with E-state index in [2.05, 4.69) is 5.32 Å². The van der Waals surface area contributed by atoms with E-state index in [0.29, 0.717) is 17.9 Å². The maximum atomic E-state index is 11.9. The zero-order valence-electron chi connectivity index (χ0n) is 11.9. The Balaban J connectivity index is 1.82. The molecular weight excluding hydrogens is 254 g/mol. The maximum Gasteiger partial charge on any atom is 0.238 e. The third-order valence-electron chi connectivity index (χ3n) is 3.68. The topological polar surface area (TPSA) is 78.6 Å². The molecule has 1 fully saturated rings. The van der Waals surface area contributed by atoms with E-state index in [0.717, 1.165) is 25.7 Å². The molecule has 0 radical (unpaired) electrons. The summed E-state index contributed by atoms with van der Waals surface area (Å²) >= 11 is 0. The third kappa shape index (κ3) is 4.21. The molecule has 1 saturated carbocycles. The van der Waals surface area contributed by atoms with E-state index < -0.39 is 5.60 Å². The number of anilines is 2. The molecule has 0 heterocycles. The minimum Gasteiger partial charge on any atom is -0.399 e. The fourth-order valence-corrected chi connectivity index (χ4v) is 2.81. The normalized spacial score (nSPS) is 17.4. The molecule has 0 saturated heterocycles. The Hall–Kier alpha value is -1.59. The SMILES string of the molecule is CN(CC(=O)Nc1cccc(N)c1)CC1(O)CCCC1. The lowest BCUT2D eigenvalue weighted by Gasteiger charge is -2.28. The van der Waals surface area contributed by atoms with Crippen molar-refractivity contribution >= 4 is 17.3 Å². The minimum absolute atomic E-state index is 0.0975. The van der Waals surface area contributed by atoms with Crippen molar-refractivity contribution in [3.63, 3.8) is 0 Å². The fraction of sp³-hybridized carbons (Fsp3) is 0.533. The van der Waals surface area contributed by atoms with Crippen molar-refractivity contribution in [2.45, 2.75) is 31.3 Å². The lowest BCUT2D eigenvalue weighted by Crippen LogP contribution is -2.42. The first kappa shape index (κ1) is 14.8. The number of hydrogen-bond donors (Lipinski definition) is 3. The van der Waals surface area contributed by atoms with Gasteiger partial charge < -0.3 is 16.2 Å². The highest BCUT2D eigenvalue weighted by Crippen LogP contribution is 2.29. The highest BCUT2D eigenvalue weighted by molar-refractivity contribution is 5.92. The Morgan fingerprint density at radius 1 is 1.45 bits per heavy atom. The summed E-state index contributed by atoms with van der Waals surface area (Å²) < 4.78 is 0. The van der Waals surface area contributed by atoms with Gasteiger partial charge in [-0.25, -0.2) is 0 Å². The van der Waals surface area contributed by atoms with Gasteiger partial charge in [0.2, 0.25) is 5.91 Å². The monoisotopic (exact) mass is 277 g/mol. The van der Waals surface area contributed by atoms with Crippen molar-refractivity contribution in [1.82, 2.24) is 4.90 Å². The summed E-state index contributed by atoms with van der Waals surface area (Å²) in [5.41, 5.74) is 6.37. The van der Waals surface area contributed by atoms with Gasteiger partial charge in [-0.05, 0) is 38.1 Å². The average Bonchev–Trinajstić information content (AvgIpc) is 2.74. The van der Waals surface area contributed by atoms with Gasteiger partial charge >= 0.3 is 0 Å². The van der Waals surface area contributed by atoms with Crippen LogP contribution in [0.4, 0.5) is 11.4 Å². The second-order valence-electron chi connectivity index (χ2n) is 5.78. The number of nitrogens with two attached hydrogens (primary N) is 1. The molecule has 0 spiro atoms. The van der Waals surface area contributed by atoms with Gasteiger partial charge in [0.15, 0.2) is 0 Å². The van der Waals surface area contributed by atoms with Gasteiger partial charge in [-0.15, -0.1) is 0 Å². The molecule has 1 aromatic rings. The van der Waals surface area contributed by atoms with Crippen molar-refractivity contribution in [2.24, 2.45) is 0 Å². The number of nitrogens with zero attached hydrogens (tertiary/aromatic N) is 1. The van der Waals surface area contributed by atoms with Crippen LogP contribution in [-0.2, 0) is 4.79 Å². The van der Waals surface area contributed by atoms with Crippen LogP contribution in [0.5, 0.6) is 0 Å². The van der Waals surface area contributed by atoms with E-state index >= 15 is 0 Å². The zero-order valence-corrected chi connectivity index (χ0v) is 11.9. The summed E-state index contributed by atoms with van der Waals surface area (Å²) in [4.78, 5) is 13.8.